The van der Waals surface area contributed by atoms with E-state index in [1.165, 1.54) is 17.5 Å². The first kappa shape index (κ1) is 12.1. The fraction of sp³-hybridized carbons (Fsp3) is 0.667. The zero-order chi connectivity index (χ0) is 12.1. The van der Waals surface area contributed by atoms with Crippen molar-refractivity contribution in [3.63, 3.8) is 0 Å². The largest absolute Gasteiger partial charge is 0.382 e. The first-order chi connectivity index (χ1) is 8.29. The molecule has 5 heteroatoms. The van der Waals surface area contributed by atoms with E-state index in [1.807, 2.05) is 6.92 Å². The Hall–Kier alpha value is -1.36. The molecule has 2 rings (SSSR count). The molecular formula is C12H19N3O2. The molecule has 1 aliphatic rings. The fourth-order valence-electron chi connectivity index (χ4n) is 1.60. The molecule has 1 aromatic heterocycles. The number of nitrogens with one attached hydrogen (secondary N) is 1. The first-order valence-electron chi connectivity index (χ1n) is 6.21. The molecule has 94 valence electrons. The third-order valence-corrected chi connectivity index (χ3v) is 2.68. The summed E-state index contributed by atoms with van der Waals surface area (Å²) in [6, 6.07) is 2.16. The molecule has 0 amide bonds. The molecule has 1 aliphatic carbocycles. The van der Waals surface area contributed by atoms with Crippen LogP contribution in [0.1, 0.15) is 26.2 Å². The Morgan fingerprint density at radius 2 is 2.41 bits per heavy atom. The summed E-state index contributed by atoms with van der Waals surface area (Å²) in [6.07, 6.45) is 4.92. The number of aryl methyl sites for hydroxylation is 1. The maximum Gasteiger partial charge on any atom is 0.268 e. The van der Waals surface area contributed by atoms with Crippen molar-refractivity contribution in [2.75, 3.05) is 18.5 Å². The van der Waals surface area contributed by atoms with Crippen LogP contribution in [0.2, 0.25) is 0 Å². The lowest BCUT2D eigenvalue weighted by Gasteiger charge is -2.07. The molecule has 0 atom stereocenters. The third kappa shape index (κ3) is 3.85. The van der Waals surface area contributed by atoms with Crippen molar-refractivity contribution in [2.24, 2.45) is 0 Å². The summed E-state index contributed by atoms with van der Waals surface area (Å²) >= 11 is 0. The number of aromatic nitrogens is 2. The van der Waals surface area contributed by atoms with E-state index < -0.39 is 0 Å². The van der Waals surface area contributed by atoms with Gasteiger partial charge in [-0.05, 0) is 26.2 Å². The zero-order valence-corrected chi connectivity index (χ0v) is 10.2. The van der Waals surface area contributed by atoms with Crippen molar-refractivity contribution in [1.29, 1.82) is 0 Å². The highest BCUT2D eigenvalue weighted by atomic mass is 16.5. The molecule has 1 heterocycles. The topological polar surface area (TPSA) is 56.1 Å². The highest BCUT2D eigenvalue weighted by Gasteiger charge is 2.20. The van der Waals surface area contributed by atoms with Crippen LogP contribution in [0.5, 0.6) is 0 Å². The van der Waals surface area contributed by atoms with Crippen LogP contribution >= 0.6 is 0 Å². The van der Waals surface area contributed by atoms with Crippen molar-refractivity contribution in [3.05, 3.63) is 22.6 Å². The van der Waals surface area contributed by atoms with Gasteiger partial charge in [-0.15, -0.1) is 0 Å². The van der Waals surface area contributed by atoms with Crippen LogP contribution in [0.4, 0.5) is 5.69 Å². The molecule has 0 aromatic carbocycles. The van der Waals surface area contributed by atoms with Gasteiger partial charge in [-0.3, -0.25) is 4.79 Å². The Kier molecular flexibility index (Phi) is 4.14. The van der Waals surface area contributed by atoms with Crippen LogP contribution < -0.4 is 10.9 Å². The molecule has 1 aromatic rings. The molecule has 0 radical (unpaired) electrons. The highest BCUT2D eigenvalue weighted by molar-refractivity contribution is 5.41. The summed E-state index contributed by atoms with van der Waals surface area (Å²) < 4.78 is 6.71. The minimum absolute atomic E-state index is 0.0489. The van der Waals surface area contributed by atoms with Gasteiger partial charge in [-0.1, -0.05) is 0 Å². The van der Waals surface area contributed by atoms with Crippen molar-refractivity contribution in [3.8, 4) is 0 Å². The summed E-state index contributed by atoms with van der Waals surface area (Å²) in [7, 11) is 0. The standard InChI is InChI=1S/C12H19N3O2/c1-2-17-7-3-6-15-12(16)8-11(9-13-15)14-10-4-5-10/h8-10,14H,2-7H2,1H3. The van der Waals surface area contributed by atoms with Crippen LogP contribution in [0.25, 0.3) is 0 Å². The maximum atomic E-state index is 11.7. The summed E-state index contributed by atoms with van der Waals surface area (Å²) in [6.45, 7) is 3.96. The van der Waals surface area contributed by atoms with Crippen molar-refractivity contribution in [1.82, 2.24) is 9.78 Å². The lowest BCUT2D eigenvalue weighted by atomic mass is 10.4. The van der Waals surface area contributed by atoms with Crippen LogP contribution in [0.15, 0.2) is 17.1 Å². The maximum absolute atomic E-state index is 11.7. The van der Waals surface area contributed by atoms with Crippen molar-refractivity contribution >= 4 is 5.69 Å². The molecule has 1 N–H and O–H groups in total. The molecule has 17 heavy (non-hydrogen) atoms. The zero-order valence-electron chi connectivity index (χ0n) is 10.2. The number of nitrogens with zero attached hydrogens (tertiary/aromatic N) is 2. The fourth-order valence-corrected chi connectivity index (χ4v) is 1.60. The van der Waals surface area contributed by atoms with Gasteiger partial charge in [0.15, 0.2) is 0 Å². The van der Waals surface area contributed by atoms with Gasteiger partial charge in [-0.25, -0.2) is 4.68 Å². The lowest BCUT2D eigenvalue weighted by Crippen LogP contribution is -2.23. The van der Waals surface area contributed by atoms with E-state index in [9.17, 15) is 4.79 Å². The molecule has 1 saturated carbocycles. The van der Waals surface area contributed by atoms with E-state index in [0.717, 1.165) is 12.1 Å². The van der Waals surface area contributed by atoms with Gasteiger partial charge < -0.3 is 10.1 Å². The Balaban J connectivity index is 1.87. The molecule has 0 bridgehead atoms. The molecule has 0 aliphatic heterocycles. The lowest BCUT2D eigenvalue weighted by molar-refractivity contribution is 0.140. The predicted molar refractivity (Wildman–Crippen MR) is 66.3 cm³/mol. The van der Waals surface area contributed by atoms with Crippen LogP contribution in [-0.2, 0) is 11.3 Å². The third-order valence-electron chi connectivity index (χ3n) is 2.68. The second-order valence-corrected chi connectivity index (χ2v) is 4.27. The predicted octanol–water partition coefficient (Wildman–Crippen LogP) is 1.24. The average molecular weight is 237 g/mol. The van der Waals surface area contributed by atoms with Gasteiger partial charge in [0, 0.05) is 31.9 Å². The second kappa shape index (κ2) is 5.82. The number of hydrogen-bond donors (Lipinski definition) is 1. The van der Waals surface area contributed by atoms with Gasteiger partial charge in [0.05, 0.1) is 11.9 Å². The van der Waals surface area contributed by atoms with Crippen molar-refractivity contribution in [2.45, 2.75) is 38.8 Å². The molecule has 0 unspecified atom stereocenters. The van der Waals surface area contributed by atoms with Crippen LogP contribution in [0, 0.1) is 0 Å². The average Bonchev–Trinajstić information content (AvgIpc) is 3.11. The highest BCUT2D eigenvalue weighted by Crippen LogP contribution is 2.23. The van der Waals surface area contributed by atoms with Gasteiger partial charge in [-0.2, -0.15) is 5.10 Å². The minimum atomic E-state index is -0.0489. The molecule has 5 nitrogen and oxygen atoms in total. The summed E-state index contributed by atoms with van der Waals surface area (Å²) in [4.78, 5) is 11.7. The second-order valence-electron chi connectivity index (χ2n) is 4.27. The Bertz CT molecular complexity index is 412. The van der Waals surface area contributed by atoms with E-state index >= 15 is 0 Å². The van der Waals surface area contributed by atoms with E-state index in [1.54, 1.807) is 12.3 Å². The number of hydrogen-bond acceptors (Lipinski definition) is 4. The summed E-state index contributed by atoms with van der Waals surface area (Å²) in [5.74, 6) is 0. The molecule has 0 spiro atoms. The Labute approximate surface area is 101 Å². The van der Waals surface area contributed by atoms with E-state index in [4.69, 9.17) is 4.74 Å². The number of anilines is 1. The first-order valence-corrected chi connectivity index (χ1v) is 6.21. The quantitative estimate of drug-likeness (QED) is 0.725. The van der Waals surface area contributed by atoms with E-state index in [-0.39, 0.29) is 5.56 Å². The van der Waals surface area contributed by atoms with Gasteiger partial charge >= 0.3 is 0 Å². The van der Waals surface area contributed by atoms with Gasteiger partial charge in [0.2, 0.25) is 0 Å². The normalized spacial score (nSPS) is 14.9. The van der Waals surface area contributed by atoms with E-state index in [2.05, 4.69) is 10.4 Å². The molecule has 1 fully saturated rings. The summed E-state index contributed by atoms with van der Waals surface area (Å²) in [5.41, 5.74) is 0.783. The van der Waals surface area contributed by atoms with Gasteiger partial charge in [0.25, 0.3) is 5.56 Å². The van der Waals surface area contributed by atoms with E-state index in [0.29, 0.717) is 25.8 Å². The SMILES string of the molecule is CCOCCCn1ncc(NC2CC2)cc1=O. The summed E-state index contributed by atoms with van der Waals surface area (Å²) in [5, 5.41) is 7.40. The minimum Gasteiger partial charge on any atom is -0.382 e. The van der Waals surface area contributed by atoms with Gasteiger partial charge in [0.1, 0.15) is 0 Å². The smallest absolute Gasteiger partial charge is 0.268 e. The van der Waals surface area contributed by atoms with Crippen molar-refractivity contribution < 1.29 is 4.74 Å². The molecular weight excluding hydrogens is 218 g/mol. The van der Waals surface area contributed by atoms with Crippen LogP contribution in [-0.4, -0.2) is 29.0 Å². The number of ether oxygens (including phenoxy) is 1. The molecule has 0 saturated heterocycles. The monoisotopic (exact) mass is 237 g/mol. The van der Waals surface area contributed by atoms with Crippen LogP contribution in [0.3, 0.4) is 0 Å². The Morgan fingerprint density at radius 1 is 1.59 bits per heavy atom. The Morgan fingerprint density at radius 3 is 3.06 bits per heavy atom. The number of rotatable bonds is 7.